The Kier molecular flexibility index (Phi) is 11.7. The SMILES string of the molecule is CC/C=C\C/C=C/C/C=C\C[C@H](O)/C=C/[C@H]1[C@@H](CCC(=O)O)[C@H](O)C[C@@H]1O. The third kappa shape index (κ3) is 9.70. The molecule has 0 amide bonds. The molecule has 1 aliphatic carbocycles. The molecule has 0 unspecified atom stereocenters. The van der Waals surface area contributed by atoms with Crippen molar-refractivity contribution in [2.45, 2.75) is 70.2 Å². The number of allylic oxidation sites excluding steroid dienone is 5. The van der Waals surface area contributed by atoms with Gasteiger partial charge < -0.3 is 20.4 Å². The molecule has 1 aliphatic rings. The van der Waals surface area contributed by atoms with Crippen molar-refractivity contribution in [2.24, 2.45) is 11.8 Å². The number of aliphatic carboxylic acids is 1. The fourth-order valence-corrected chi connectivity index (χ4v) is 3.35. The van der Waals surface area contributed by atoms with Gasteiger partial charge in [-0.3, -0.25) is 4.79 Å². The second-order valence-electron chi connectivity index (χ2n) is 7.03. The van der Waals surface area contributed by atoms with Crippen LogP contribution >= 0.6 is 0 Å². The summed E-state index contributed by atoms with van der Waals surface area (Å²) in [5.41, 5.74) is 0. The minimum Gasteiger partial charge on any atom is -0.481 e. The molecule has 4 N–H and O–H groups in total. The lowest BCUT2D eigenvalue weighted by Gasteiger charge is -2.20. The molecule has 152 valence electrons. The van der Waals surface area contributed by atoms with Crippen LogP contribution in [0.1, 0.15) is 51.9 Å². The molecule has 0 aromatic heterocycles. The number of carbonyl (C=O) groups is 1. The maximum atomic E-state index is 10.8. The molecule has 0 aromatic carbocycles. The van der Waals surface area contributed by atoms with Crippen LogP contribution in [-0.4, -0.2) is 44.7 Å². The molecular formula is C22H34O5. The smallest absolute Gasteiger partial charge is 0.303 e. The van der Waals surface area contributed by atoms with E-state index >= 15 is 0 Å². The van der Waals surface area contributed by atoms with Gasteiger partial charge in [0, 0.05) is 18.8 Å². The Labute approximate surface area is 162 Å². The fourth-order valence-electron chi connectivity index (χ4n) is 3.35. The molecule has 0 heterocycles. The van der Waals surface area contributed by atoms with E-state index in [2.05, 4.69) is 31.2 Å². The monoisotopic (exact) mass is 378 g/mol. The number of carboxylic acid groups (broad SMARTS) is 1. The van der Waals surface area contributed by atoms with Crippen molar-refractivity contribution < 1.29 is 25.2 Å². The van der Waals surface area contributed by atoms with Gasteiger partial charge in [0.2, 0.25) is 0 Å². The van der Waals surface area contributed by atoms with Crippen LogP contribution < -0.4 is 0 Å². The zero-order valence-electron chi connectivity index (χ0n) is 16.2. The zero-order chi connectivity index (χ0) is 20.1. The molecule has 1 fully saturated rings. The van der Waals surface area contributed by atoms with E-state index in [0.29, 0.717) is 12.8 Å². The number of aliphatic hydroxyl groups is 3. The summed E-state index contributed by atoms with van der Waals surface area (Å²) in [6.07, 6.45) is 17.5. The van der Waals surface area contributed by atoms with Crippen LogP contribution in [0.2, 0.25) is 0 Å². The van der Waals surface area contributed by atoms with Gasteiger partial charge in [-0.05, 0) is 38.0 Å². The van der Waals surface area contributed by atoms with Gasteiger partial charge in [-0.25, -0.2) is 0 Å². The van der Waals surface area contributed by atoms with Crippen LogP contribution in [0.4, 0.5) is 0 Å². The molecule has 5 atom stereocenters. The quantitative estimate of drug-likeness (QED) is 0.390. The molecule has 27 heavy (non-hydrogen) atoms. The molecule has 1 saturated carbocycles. The van der Waals surface area contributed by atoms with Crippen molar-refractivity contribution in [2.75, 3.05) is 0 Å². The van der Waals surface area contributed by atoms with Gasteiger partial charge in [-0.2, -0.15) is 0 Å². The third-order valence-electron chi connectivity index (χ3n) is 4.82. The molecule has 5 nitrogen and oxygen atoms in total. The van der Waals surface area contributed by atoms with Crippen molar-refractivity contribution in [3.05, 3.63) is 48.6 Å². The highest BCUT2D eigenvalue weighted by Gasteiger charge is 2.40. The van der Waals surface area contributed by atoms with E-state index in [4.69, 9.17) is 5.11 Å². The van der Waals surface area contributed by atoms with Crippen molar-refractivity contribution in [3.63, 3.8) is 0 Å². The first-order chi connectivity index (χ1) is 13.0. The van der Waals surface area contributed by atoms with Crippen LogP contribution in [0.25, 0.3) is 0 Å². The van der Waals surface area contributed by atoms with Crippen LogP contribution in [0, 0.1) is 11.8 Å². The average Bonchev–Trinajstić information content (AvgIpc) is 2.89. The summed E-state index contributed by atoms with van der Waals surface area (Å²) < 4.78 is 0. The van der Waals surface area contributed by atoms with E-state index in [9.17, 15) is 20.1 Å². The Morgan fingerprint density at radius 3 is 2.30 bits per heavy atom. The van der Waals surface area contributed by atoms with Gasteiger partial charge in [0.1, 0.15) is 0 Å². The van der Waals surface area contributed by atoms with Gasteiger partial charge in [0.15, 0.2) is 0 Å². The van der Waals surface area contributed by atoms with Crippen LogP contribution in [-0.2, 0) is 4.79 Å². The Morgan fingerprint density at radius 2 is 1.67 bits per heavy atom. The molecule has 0 radical (unpaired) electrons. The van der Waals surface area contributed by atoms with Gasteiger partial charge in [0.05, 0.1) is 18.3 Å². The van der Waals surface area contributed by atoms with E-state index < -0.39 is 24.3 Å². The standard InChI is InChI=1S/C22H34O5/c1-2-3-4-5-6-7-8-9-10-11-17(23)12-13-18-19(14-15-22(26)27)21(25)16-20(18)24/h3-4,6-7,9-10,12-13,17-21,23-25H,2,5,8,11,14-16H2,1H3,(H,26,27)/b4-3-,7-6+,10-9-,13-12+/t17-,18-,19+,20-,21+/m0/s1. The van der Waals surface area contributed by atoms with Crippen LogP contribution in [0.15, 0.2) is 48.6 Å². The molecule has 0 aromatic rings. The Morgan fingerprint density at radius 1 is 1.04 bits per heavy atom. The number of aliphatic hydroxyl groups excluding tert-OH is 3. The van der Waals surface area contributed by atoms with E-state index in [1.807, 2.05) is 12.2 Å². The summed E-state index contributed by atoms with van der Waals surface area (Å²) in [5, 5.41) is 39.0. The van der Waals surface area contributed by atoms with E-state index in [-0.39, 0.29) is 24.7 Å². The number of carboxylic acids is 1. The van der Waals surface area contributed by atoms with Gasteiger partial charge in [0.25, 0.3) is 0 Å². The molecule has 0 saturated heterocycles. The lowest BCUT2D eigenvalue weighted by molar-refractivity contribution is -0.137. The Balaban J connectivity index is 2.39. The lowest BCUT2D eigenvalue weighted by atomic mass is 9.88. The molecule has 0 aliphatic heterocycles. The molecule has 0 bridgehead atoms. The summed E-state index contributed by atoms with van der Waals surface area (Å²) in [6, 6.07) is 0. The summed E-state index contributed by atoms with van der Waals surface area (Å²) in [5.74, 6) is -1.52. The molecule has 0 spiro atoms. The van der Waals surface area contributed by atoms with Crippen LogP contribution in [0.3, 0.4) is 0 Å². The Hall–Kier alpha value is -1.69. The van der Waals surface area contributed by atoms with E-state index in [1.165, 1.54) is 0 Å². The topological polar surface area (TPSA) is 98.0 Å². The van der Waals surface area contributed by atoms with E-state index in [0.717, 1.165) is 19.3 Å². The van der Waals surface area contributed by atoms with Crippen molar-refractivity contribution >= 4 is 5.97 Å². The third-order valence-corrected chi connectivity index (χ3v) is 4.82. The number of rotatable bonds is 12. The fraction of sp³-hybridized carbons (Fsp3) is 0.591. The maximum Gasteiger partial charge on any atom is 0.303 e. The van der Waals surface area contributed by atoms with Crippen molar-refractivity contribution in [3.8, 4) is 0 Å². The van der Waals surface area contributed by atoms with Gasteiger partial charge in [-0.1, -0.05) is 55.5 Å². The maximum absolute atomic E-state index is 10.8. The Bertz CT molecular complexity index is 535. The summed E-state index contributed by atoms with van der Waals surface area (Å²) in [4.78, 5) is 10.8. The molecule has 5 heteroatoms. The predicted molar refractivity (Wildman–Crippen MR) is 107 cm³/mol. The van der Waals surface area contributed by atoms with Crippen molar-refractivity contribution in [1.82, 2.24) is 0 Å². The second-order valence-corrected chi connectivity index (χ2v) is 7.03. The lowest BCUT2D eigenvalue weighted by Crippen LogP contribution is -2.22. The minimum atomic E-state index is -0.910. The first-order valence-corrected chi connectivity index (χ1v) is 9.85. The van der Waals surface area contributed by atoms with Gasteiger partial charge in [-0.15, -0.1) is 0 Å². The largest absolute Gasteiger partial charge is 0.481 e. The number of hydrogen-bond acceptors (Lipinski definition) is 4. The minimum absolute atomic E-state index is 0.0359. The first kappa shape index (κ1) is 23.3. The number of hydrogen-bond donors (Lipinski definition) is 4. The second kappa shape index (κ2) is 13.5. The average molecular weight is 379 g/mol. The highest BCUT2D eigenvalue weighted by atomic mass is 16.4. The van der Waals surface area contributed by atoms with Gasteiger partial charge >= 0.3 is 5.97 Å². The van der Waals surface area contributed by atoms with E-state index in [1.54, 1.807) is 12.2 Å². The summed E-state index contributed by atoms with van der Waals surface area (Å²) in [7, 11) is 0. The highest BCUT2D eigenvalue weighted by Crippen LogP contribution is 2.36. The van der Waals surface area contributed by atoms with Crippen LogP contribution in [0.5, 0.6) is 0 Å². The molecular weight excluding hydrogens is 344 g/mol. The zero-order valence-corrected chi connectivity index (χ0v) is 16.2. The summed E-state index contributed by atoms with van der Waals surface area (Å²) >= 11 is 0. The normalized spacial score (nSPS) is 27.6. The van der Waals surface area contributed by atoms with Crippen molar-refractivity contribution in [1.29, 1.82) is 0 Å². The first-order valence-electron chi connectivity index (χ1n) is 9.85. The predicted octanol–water partition coefficient (Wildman–Crippen LogP) is 3.38. The molecule has 1 rings (SSSR count). The highest BCUT2D eigenvalue weighted by molar-refractivity contribution is 5.66. The summed E-state index contributed by atoms with van der Waals surface area (Å²) in [6.45, 7) is 2.11.